The van der Waals surface area contributed by atoms with Gasteiger partial charge in [-0.05, 0) is 24.1 Å². The molecule has 8 nitrogen and oxygen atoms in total. The summed E-state index contributed by atoms with van der Waals surface area (Å²) in [6, 6.07) is 5.32. The lowest BCUT2D eigenvalue weighted by Gasteiger charge is -2.22. The Bertz CT molecular complexity index is 901. The first-order chi connectivity index (χ1) is 11.5. The van der Waals surface area contributed by atoms with Crippen LogP contribution in [0.4, 0.5) is 10.2 Å². The normalized spacial score (nSPS) is 13.0. The van der Waals surface area contributed by atoms with Crippen LogP contribution in [0.5, 0.6) is 0 Å². The summed E-state index contributed by atoms with van der Waals surface area (Å²) in [4.78, 5) is 36.2. The van der Waals surface area contributed by atoms with Crippen LogP contribution in [-0.4, -0.2) is 27.0 Å². The average molecular weight is 335 g/mol. The average Bonchev–Trinajstić information content (AvgIpc) is 2.59. The van der Waals surface area contributed by atoms with Crippen LogP contribution in [0.2, 0.25) is 0 Å². The molecule has 0 bridgehead atoms. The molecule has 1 aliphatic rings. The molecule has 1 aromatic heterocycles. The van der Waals surface area contributed by atoms with Gasteiger partial charge in [0.2, 0.25) is 0 Å². The Labute approximate surface area is 134 Å². The van der Waals surface area contributed by atoms with Crippen LogP contribution in [0.3, 0.4) is 0 Å². The largest absolute Gasteiger partial charge is 0.457 e. The summed E-state index contributed by atoms with van der Waals surface area (Å²) in [5.74, 6) is -1.37. The molecular formula is C15H14FN3O5. The Morgan fingerprint density at radius 2 is 2.00 bits per heavy atom. The summed E-state index contributed by atoms with van der Waals surface area (Å²) in [5.41, 5.74) is -1.98. The molecule has 2 aromatic rings. The molecule has 2 heterocycles. The quantitative estimate of drug-likeness (QED) is 0.628. The second-order valence-corrected chi connectivity index (χ2v) is 5.26. The molecule has 0 fully saturated rings. The number of nitrogens with zero attached hydrogens (tertiary/aromatic N) is 2. The number of fused-ring (bicyclic) bond motifs is 1. The Morgan fingerprint density at radius 1 is 1.29 bits per heavy atom. The molecule has 1 aliphatic heterocycles. The van der Waals surface area contributed by atoms with Crippen molar-refractivity contribution in [2.75, 3.05) is 11.9 Å². The number of rotatable bonds is 3. The second kappa shape index (κ2) is 6.19. The number of carbonyl (C=O) groups excluding carboxylic acids is 1. The van der Waals surface area contributed by atoms with Crippen LogP contribution in [0.25, 0.3) is 0 Å². The molecule has 0 amide bonds. The van der Waals surface area contributed by atoms with E-state index >= 15 is 0 Å². The first-order valence-corrected chi connectivity index (χ1v) is 7.23. The van der Waals surface area contributed by atoms with Gasteiger partial charge in [-0.15, -0.1) is 0 Å². The Morgan fingerprint density at radius 3 is 2.71 bits per heavy atom. The fraction of sp³-hybridized carbons (Fsp3) is 0.267. The van der Waals surface area contributed by atoms with Gasteiger partial charge in [-0.2, -0.15) is 0 Å². The van der Waals surface area contributed by atoms with E-state index in [1.807, 2.05) is 0 Å². The summed E-state index contributed by atoms with van der Waals surface area (Å²) >= 11 is 0. The number of hydrogen-bond donors (Lipinski definition) is 2. The minimum atomic E-state index is -1.15. The van der Waals surface area contributed by atoms with E-state index in [0.29, 0.717) is 18.5 Å². The number of benzene rings is 1. The molecular weight excluding hydrogens is 321 g/mol. The summed E-state index contributed by atoms with van der Waals surface area (Å²) < 4.78 is 18.9. The molecule has 0 radical (unpaired) electrons. The maximum atomic E-state index is 12.9. The van der Waals surface area contributed by atoms with E-state index < -0.39 is 28.6 Å². The highest BCUT2D eigenvalue weighted by Crippen LogP contribution is 2.16. The number of esters is 1. The van der Waals surface area contributed by atoms with Crippen molar-refractivity contribution in [3.8, 4) is 0 Å². The zero-order valence-electron chi connectivity index (χ0n) is 12.5. The van der Waals surface area contributed by atoms with Crippen LogP contribution in [-0.2, 0) is 17.9 Å². The third-order valence-corrected chi connectivity index (χ3v) is 3.66. The van der Waals surface area contributed by atoms with Crippen molar-refractivity contribution in [1.82, 2.24) is 9.30 Å². The van der Waals surface area contributed by atoms with E-state index in [-0.39, 0.29) is 23.7 Å². The summed E-state index contributed by atoms with van der Waals surface area (Å²) in [6.07, 6.45) is 0.606. The molecule has 9 heteroatoms. The number of nitrogens with one attached hydrogen (secondary N) is 1. The molecule has 126 valence electrons. The Balaban J connectivity index is 1.92. The van der Waals surface area contributed by atoms with Crippen molar-refractivity contribution < 1.29 is 19.1 Å². The molecule has 0 aliphatic carbocycles. The van der Waals surface area contributed by atoms with Gasteiger partial charge in [-0.25, -0.2) is 14.0 Å². The lowest BCUT2D eigenvalue weighted by atomic mass is 10.2. The van der Waals surface area contributed by atoms with Gasteiger partial charge >= 0.3 is 17.2 Å². The maximum Gasteiger partial charge on any atom is 0.366 e. The minimum absolute atomic E-state index is 0.0330. The second-order valence-electron chi connectivity index (χ2n) is 5.26. The van der Waals surface area contributed by atoms with Crippen molar-refractivity contribution in [1.29, 1.82) is 0 Å². The fourth-order valence-electron chi connectivity index (χ4n) is 2.46. The first-order valence-electron chi connectivity index (χ1n) is 7.23. The van der Waals surface area contributed by atoms with Gasteiger partial charge in [0.05, 0.1) is 0 Å². The lowest BCUT2D eigenvalue weighted by Crippen LogP contribution is -2.45. The van der Waals surface area contributed by atoms with Crippen molar-refractivity contribution in [2.45, 2.75) is 19.6 Å². The third kappa shape index (κ3) is 2.75. The molecule has 0 atom stereocenters. The van der Waals surface area contributed by atoms with Gasteiger partial charge in [0.1, 0.15) is 18.2 Å². The van der Waals surface area contributed by atoms with Gasteiger partial charge in [0, 0.05) is 13.1 Å². The third-order valence-electron chi connectivity index (χ3n) is 3.66. The van der Waals surface area contributed by atoms with Crippen molar-refractivity contribution in [2.24, 2.45) is 0 Å². The summed E-state index contributed by atoms with van der Waals surface area (Å²) in [7, 11) is 0. The van der Waals surface area contributed by atoms with E-state index in [9.17, 15) is 24.0 Å². The monoisotopic (exact) mass is 335 g/mol. The number of halogens is 1. The van der Waals surface area contributed by atoms with E-state index in [1.165, 1.54) is 24.3 Å². The van der Waals surface area contributed by atoms with Crippen LogP contribution in [0.15, 0.2) is 33.9 Å². The van der Waals surface area contributed by atoms with E-state index in [1.54, 1.807) is 0 Å². The molecule has 0 saturated carbocycles. The van der Waals surface area contributed by atoms with Gasteiger partial charge < -0.3 is 15.3 Å². The van der Waals surface area contributed by atoms with Gasteiger partial charge in [-0.3, -0.25) is 9.36 Å². The van der Waals surface area contributed by atoms with Crippen molar-refractivity contribution in [3.05, 3.63) is 62.0 Å². The first kappa shape index (κ1) is 15.8. The standard InChI is InChI=1S/C15H14FN3O5/c16-10-4-2-9(3-5-10)8-24-14(21)11-12-17-6-1-7-18(12)15(22)19(23)13(11)20/h2-5,17,23H,1,6-8H2. The van der Waals surface area contributed by atoms with Crippen molar-refractivity contribution >= 4 is 11.8 Å². The Kier molecular flexibility index (Phi) is 4.07. The van der Waals surface area contributed by atoms with Crippen LogP contribution in [0, 0.1) is 5.82 Å². The zero-order valence-corrected chi connectivity index (χ0v) is 12.5. The number of ether oxygens (including phenoxy) is 1. The van der Waals surface area contributed by atoms with Crippen LogP contribution in [0.1, 0.15) is 22.3 Å². The van der Waals surface area contributed by atoms with Crippen molar-refractivity contribution in [3.63, 3.8) is 0 Å². The fourth-order valence-corrected chi connectivity index (χ4v) is 2.46. The van der Waals surface area contributed by atoms with E-state index in [0.717, 1.165) is 4.57 Å². The lowest BCUT2D eigenvalue weighted by molar-refractivity contribution is 0.0461. The number of anilines is 1. The molecule has 0 saturated heterocycles. The molecule has 0 spiro atoms. The van der Waals surface area contributed by atoms with Gasteiger partial charge in [-0.1, -0.05) is 16.9 Å². The zero-order chi connectivity index (χ0) is 17.3. The Hall–Kier alpha value is -3.10. The predicted molar refractivity (Wildman–Crippen MR) is 80.8 cm³/mol. The van der Waals surface area contributed by atoms with E-state index in [4.69, 9.17) is 4.74 Å². The van der Waals surface area contributed by atoms with Crippen LogP contribution < -0.4 is 16.6 Å². The minimum Gasteiger partial charge on any atom is -0.457 e. The van der Waals surface area contributed by atoms with Gasteiger partial charge in [0.25, 0.3) is 0 Å². The number of hydrogen-bond acceptors (Lipinski definition) is 6. The molecule has 1 aromatic carbocycles. The molecule has 0 unspecified atom stereocenters. The maximum absolute atomic E-state index is 12.9. The highest BCUT2D eigenvalue weighted by molar-refractivity contribution is 5.94. The van der Waals surface area contributed by atoms with E-state index in [2.05, 4.69) is 5.32 Å². The highest BCUT2D eigenvalue weighted by atomic mass is 19.1. The molecule has 24 heavy (non-hydrogen) atoms. The number of aromatic nitrogens is 2. The van der Waals surface area contributed by atoms with Gasteiger partial charge in [0.15, 0.2) is 5.56 Å². The number of carbonyl (C=O) groups is 1. The summed E-state index contributed by atoms with van der Waals surface area (Å²) in [5, 5.41) is 12.4. The molecule has 3 rings (SSSR count). The van der Waals surface area contributed by atoms with Crippen LogP contribution >= 0.6 is 0 Å². The smallest absolute Gasteiger partial charge is 0.366 e. The topological polar surface area (TPSA) is 103 Å². The SMILES string of the molecule is O=C(OCc1ccc(F)cc1)c1c2n(c(=O)n(O)c1=O)CCCN2. The highest BCUT2D eigenvalue weighted by Gasteiger charge is 2.27. The predicted octanol–water partition coefficient (Wildman–Crippen LogP) is 0.559. The molecule has 2 N–H and O–H groups in total. The summed E-state index contributed by atoms with van der Waals surface area (Å²) in [6.45, 7) is 0.565.